The number of nitrogens with one attached hydrogen (secondary N) is 2. The highest BCUT2D eigenvalue weighted by molar-refractivity contribution is 5.95. The smallest absolute Gasteiger partial charge is 0.406 e. The van der Waals surface area contributed by atoms with Crippen molar-refractivity contribution in [1.82, 2.24) is 5.32 Å². The lowest BCUT2D eigenvalue weighted by atomic mass is 9.80. The summed E-state index contributed by atoms with van der Waals surface area (Å²) >= 11 is 0. The van der Waals surface area contributed by atoms with E-state index in [0.29, 0.717) is 5.69 Å². The molecule has 1 aliphatic rings. The fourth-order valence-electron chi connectivity index (χ4n) is 2.23. The topological polar surface area (TPSA) is 50.4 Å². The maximum atomic E-state index is 12.3. The molecular formula is C14H18ClF3N2O2. The summed E-state index contributed by atoms with van der Waals surface area (Å²) in [4.78, 5) is 12.3. The Balaban J connectivity index is 0.00000242. The molecule has 4 nitrogen and oxygen atoms in total. The normalized spacial score (nSPS) is 17.3. The van der Waals surface area contributed by atoms with Crippen molar-refractivity contribution in [2.24, 2.45) is 5.41 Å². The molecule has 2 N–H and O–H groups in total. The number of carbonyl (C=O) groups is 1. The van der Waals surface area contributed by atoms with Crippen molar-refractivity contribution >= 4 is 24.0 Å². The number of benzene rings is 1. The third-order valence-corrected chi connectivity index (χ3v) is 3.60. The molecule has 1 aromatic carbocycles. The summed E-state index contributed by atoms with van der Waals surface area (Å²) in [5.74, 6) is -0.429. The van der Waals surface area contributed by atoms with E-state index in [0.717, 1.165) is 25.9 Å². The standard InChI is InChI=1S/C14H17F3N2O2.ClH/c1-13(6-8-18-9-7-13)12(20)19-10-2-4-11(5-3-10)21-14(15,16)17;/h2-5,18H,6-9H2,1H3,(H,19,20);1H. The van der Waals surface area contributed by atoms with Gasteiger partial charge < -0.3 is 15.4 Å². The zero-order valence-electron chi connectivity index (χ0n) is 12.0. The Morgan fingerprint density at radius 1 is 1.23 bits per heavy atom. The quantitative estimate of drug-likeness (QED) is 0.888. The van der Waals surface area contributed by atoms with Gasteiger partial charge in [0.05, 0.1) is 0 Å². The molecule has 1 heterocycles. The molecule has 0 radical (unpaired) electrons. The maximum Gasteiger partial charge on any atom is 0.573 e. The molecule has 1 saturated heterocycles. The molecule has 0 aliphatic carbocycles. The van der Waals surface area contributed by atoms with Crippen molar-refractivity contribution < 1.29 is 22.7 Å². The molecule has 8 heteroatoms. The van der Waals surface area contributed by atoms with E-state index in [4.69, 9.17) is 0 Å². The average Bonchev–Trinajstić information content (AvgIpc) is 2.40. The second-order valence-electron chi connectivity index (χ2n) is 5.34. The molecule has 0 unspecified atom stereocenters. The first-order valence-electron chi connectivity index (χ1n) is 6.66. The minimum absolute atomic E-state index is 0. The highest BCUT2D eigenvalue weighted by Crippen LogP contribution is 2.30. The van der Waals surface area contributed by atoms with E-state index in [1.807, 2.05) is 6.92 Å². The van der Waals surface area contributed by atoms with Crippen LogP contribution in [0.25, 0.3) is 0 Å². The number of hydrogen-bond donors (Lipinski definition) is 2. The molecular weight excluding hydrogens is 321 g/mol. The lowest BCUT2D eigenvalue weighted by Crippen LogP contribution is -2.42. The van der Waals surface area contributed by atoms with Crippen molar-refractivity contribution in [3.63, 3.8) is 0 Å². The van der Waals surface area contributed by atoms with Gasteiger partial charge in [0, 0.05) is 11.1 Å². The van der Waals surface area contributed by atoms with E-state index in [1.165, 1.54) is 24.3 Å². The van der Waals surface area contributed by atoms with E-state index < -0.39 is 11.8 Å². The first-order valence-corrected chi connectivity index (χ1v) is 6.66. The van der Waals surface area contributed by atoms with Crippen molar-refractivity contribution in [3.8, 4) is 5.75 Å². The van der Waals surface area contributed by atoms with Crippen LogP contribution in [0.4, 0.5) is 18.9 Å². The van der Waals surface area contributed by atoms with Gasteiger partial charge in [-0.2, -0.15) is 0 Å². The number of piperidine rings is 1. The molecule has 0 atom stereocenters. The van der Waals surface area contributed by atoms with Crippen LogP contribution in [-0.2, 0) is 4.79 Å². The van der Waals surface area contributed by atoms with Crippen molar-refractivity contribution in [1.29, 1.82) is 0 Å². The van der Waals surface area contributed by atoms with Crippen LogP contribution in [0.1, 0.15) is 19.8 Å². The second kappa shape index (κ2) is 7.19. The Bertz CT molecular complexity index is 500. The molecule has 1 aliphatic heterocycles. The molecule has 0 bridgehead atoms. The minimum atomic E-state index is -4.71. The molecule has 1 aromatic rings. The van der Waals surface area contributed by atoms with Crippen LogP contribution < -0.4 is 15.4 Å². The molecule has 0 aromatic heterocycles. The molecule has 1 amide bonds. The maximum absolute atomic E-state index is 12.3. The largest absolute Gasteiger partial charge is 0.573 e. The Kier molecular flexibility index (Phi) is 6.08. The number of halogens is 4. The third-order valence-electron chi connectivity index (χ3n) is 3.60. The van der Waals surface area contributed by atoms with Crippen LogP contribution in [0.2, 0.25) is 0 Å². The van der Waals surface area contributed by atoms with E-state index >= 15 is 0 Å². The van der Waals surface area contributed by atoms with Gasteiger partial charge in [-0.15, -0.1) is 25.6 Å². The highest BCUT2D eigenvalue weighted by atomic mass is 35.5. The van der Waals surface area contributed by atoms with Crippen LogP contribution in [0, 0.1) is 5.41 Å². The number of carbonyl (C=O) groups excluding carboxylic acids is 1. The van der Waals surface area contributed by atoms with E-state index in [2.05, 4.69) is 15.4 Å². The fourth-order valence-corrected chi connectivity index (χ4v) is 2.23. The highest BCUT2D eigenvalue weighted by Gasteiger charge is 2.34. The summed E-state index contributed by atoms with van der Waals surface area (Å²) in [7, 11) is 0. The van der Waals surface area contributed by atoms with Gasteiger partial charge in [0.1, 0.15) is 5.75 Å². The zero-order valence-corrected chi connectivity index (χ0v) is 12.8. The summed E-state index contributed by atoms with van der Waals surface area (Å²) in [5, 5.41) is 5.92. The first-order chi connectivity index (χ1) is 9.78. The van der Waals surface area contributed by atoms with Gasteiger partial charge in [-0.25, -0.2) is 0 Å². The number of anilines is 1. The lowest BCUT2D eigenvalue weighted by Gasteiger charge is -2.32. The summed E-state index contributed by atoms with van der Waals surface area (Å²) in [6, 6.07) is 5.13. The van der Waals surface area contributed by atoms with Crippen LogP contribution in [0.3, 0.4) is 0 Å². The van der Waals surface area contributed by atoms with Gasteiger partial charge in [0.15, 0.2) is 0 Å². The average molecular weight is 339 g/mol. The number of ether oxygens (including phenoxy) is 1. The van der Waals surface area contributed by atoms with Gasteiger partial charge in [0.2, 0.25) is 5.91 Å². The molecule has 0 spiro atoms. The predicted molar refractivity (Wildman–Crippen MR) is 79.2 cm³/mol. The van der Waals surface area contributed by atoms with Gasteiger partial charge in [-0.1, -0.05) is 6.92 Å². The summed E-state index contributed by atoms with van der Waals surface area (Å²) in [6.45, 7) is 3.45. The van der Waals surface area contributed by atoms with E-state index in [9.17, 15) is 18.0 Å². The SMILES string of the molecule is CC1(C(=O)Nc2ccc(OC(F)(F)F)cc2)CCNCC1.Cl. The van der Waals surface area contributed by atoms with Gasteiger partial charge in [-0.05, 0) is 50.2 Å². The summed E-state index contributed by atoms with van der Waals surface area (Å²) < 4.78 is 39.9. The Morgan fingerprint density at radius 3 is 2.27 bits per heavy atom. The molecule has 124 valence electrons. The molecule has 1 fully saturated rings. The third kappa shape index (κ3) is 5.06. The summed E-state index contributed by atoms with van der Waals surface area (Å²) in [5.41, 5.74) is 0.00105. The van der Waals surface area contributed by atoms with E-state index in [1.54, 1.807) is 0 Å². The Hall–Kier alpha value is -1.47. The zero-order chi connectivity index (χ0) is 15.5. The number of hydrogen-bond acceptors (Lipinski definition) is 3. The number of rotatable bonds is 3. The van der Waals surface area contributed by atoms with Crippen LogP contribution in [0.15, 0.2) is 24.3 Å². The molecule has 0 saturated carbocycles. The van der Waals surface area contributed by atoms with Gasteiger partial charge >= 0.3 is 6.36 Å². The van der Waals surface area contributed by atoms with Crippen molar-refractivity contribution in [2.75, 3.05) is 18.4 Å². The fraction of sp³-hybridized carbons (Fsp3) is 0.500. The first kappa shape index (κ1) is 18.6. The Morgan fingerprint density at radius 2 is 1.77 bits per heavy atom. The van der Waals surface area contributed by atoms with Gasteiger partial charge in [-0.3, -0.25) is 4.79 Å². The van der Waals surface area contributed by atoms with Crippen LogP contribution in [-0.4, -0.2) is 25.4 Å². The predicted octanol–water partition coefficient (Wildman–Crippen LogP) is 3.34. The van der Waals surface area contributed by atoms with Crippen LogP contribution >= 0.6 is 12.4 Å². The van der Waals surface area contributed by atoms with Gasteiger partial charge in [0.25, 0.3) is 0 Å². The number of amides is 1. The minimum Gasteiger partial charge on any atom is -0.406 e. The Labute approximate surface area is 132 Å². The lowest BCUT2D eigenvalue weighted by molar-refractivity contribution is -0.274. The summed E-state index contributed by atoms with van der Waals surface area (Å²) in [6.07, 6.45) is -3.25. The number of alkyl halides is 3. The van der Waals surface area contributed by atoms with Crippen LogP contribution in [0.5, 0.6) is 5.75 Å². The monoisotopic (exact) mass is 338 g/mol. The van der Waals surface area contributed by atoms with E-state index in [-0.39, 0.29) is 24.1 Å². The van der Waals surface area contributed by atoms with Crippen molar-refractivity contribution in [2.45, 2.75) is 26.1 Å². The molecule has 22 heavy (non-hydrogen) atoms. The second-order valence-corrected chi connectivity index (χ2v) is 5.34. The molecule has 2 rings (SSSR count). The van der Waals surface area contributed by atoms with Crippen molar-refractivity contribution in [3.05, 3.63) is 24.3 Å².